The van der Waals surface area contributed by atoms with Crippen LogP contribution in [-0.4, -0.2) is 37.4 Å². The molecule has 0 radical (unpaired) electrons. The van der Waals surface area contributed by atoms with E-state index < -0.39 is 11.8 Å². The molecule has 0 unspecified atom stereocenters. The summed E-state index contributed by atoms with van der Waals surface area (Å²) in [6.45, 7) is 0. The van der Waals surface area contributed by atoms with Crippen molar-refractivity contribution in [3.8, 4) is 17.2 Å². The number of rotatable bonds is 5. The summed E-state index contributed by atoms with van der Waals surface area (Å²) in [5.74, 6) is -1.22. The lowest BCUT2D eigenvalue weighted by atomic mass is 10.2. The lowest BCUT2D eigenvalue weighted by molar-refractivity contribution is -0.136. The summed E-state index contributed by atoms with van der Waals surface area (Å²) in [5, 5.41) is 15.9. The Labute approximate surface area is 157 Å². The van der Waals surface area contributed by atoms with E-state index in [0.717, 1.165) is 0 Å². The molecule has 0 saturated carbocycles. The summed E-state index contributed by atoms with van der Waals surface area (Å²) in [6, 6.07) is 9.79. The van der Waals surface area contributed by atoms with Crippen molar-refractivity contribution in [1.82, 2.24) is 5.43 Å². The Kier molecular flexibility index (Phi) is 6.56. The normalized spacial score (nSPS) is 10.4. The first-order chi connectivity index (χ1) is 12.5. The molecule has 0 aliphatic carbocycles. The van der Waals surface area contributed by atoms with Gasteiger partial charge in [-0.15, -0.1) is 0 Å². The van der Waals surface area contributed by atoms with Gasteiger partial charge in [0.05, 0.1) is 30.6 Å². The summed E-state index contributed by atoms with van der Waals surface area (Å²) in [6.07, 6.45) is 1.31. The van der Waals surface area contributed by atoms with Crippen LogP contribution in [0.4, 0.5) is 5.69 Å². The number of aromatic hydroxyl groups is 1. The molecule has 0 heterocycles. The van der Waals surface area contributed by atoms with E-state index in [1.165, 1.54) is 26.5 Å². The maximum absolute atomic E-state index is 11.9. The summed E-state index contributed by atoms with van der Waals surface area (Å²) in [4.78, 5) is 23.7. The molecule has 0 bridgehead atoms. The molecule has 2 amide bonds. The van der Waals surface area contributed by atoms with Crippen LogP contribution in [0.1, 0.15) is 5.56 Å². The third kappa shape index (κ3) is 4.73. The Morgan fingerprint density at radius 2 is 1.81 bits per heavy atom. The second-order valence-electron chi connectivity index (χ2n) is 4.91. The van der Waals surface area contributed by atoms with Crippen molar-refractivity contribution in [3.63, 3.8) is 0 Å². The second-order valence-corrected chi connectivity index (χ2v) is 5.76. The lowest BCUT2D eigenvalue weighted by Gasteiger charge is -2.08. The molecule has 0 spiro atoms. The standard InChI is InChI=1S/C17H16BrN3O5/c1-25-13-6-4-3-5-12(13)20-16(23)17(24)21-19-9-10-7-11(18)15(22)14(8-10)26-2/h3-9,22H,1-2H3,(H,20,23)(H,21,24)/b19-9-. The van der Waals surface area contributed by atoms with Crippen LogP contribution in [0.3, 0.4) is 0 Å². The molecule has 0 fully saturated rings. The van der Waals surface area contributed by atoms with E-state index in [2.05, 4.69) is 31.8 Å². The summed E-state index contributed by atoms with van der Waals surface area (Å²) >= 11 is 3.18. The minimum Gasteiger partial charge on any atom is -0.503 e. The molecule has 26 heavy (non-hydrogen) atoms. The van der Waals surface area contributed by atoms with E-state index in [9.17, 15) is 14.7 Å². The Bertz CT molecular complexity index is 854. The van der Waals surface area contributed by atoms with E-state index in [0.29, 0.717) is 21.5 Å². The average molecular weight is 422 g/mol. The van der Waals surface area contributed by atoms with Gasteiger partial charge in [-0.05, 0) is 45.8 Å². The van der Waals surface area contributed by atoms with Crippen molar-refractivity contribution in [2.45, 2.75) is 0 Å². The number of amides is 2. The molecule has 0 atom stereocenters. The fourth-order valence-corrected chi connectivity index (χ4v) is 2.43. The largest absolute Gasteiger partial charge is 0.503 e. The number of carbonyl (C=O) groups is 2. The highest BCUT2D eigenvalue weighted by Crippen LogP contribution is 2.34. The van der Waals surface area contributed by atoms with E-state index in [4.69, 9.17) is 9.47 Å². The third-order valence-corrected chi connectivity index (χ3v) is 3.82. The van der Waals surface area contributed by atoms with Crippen molar-refractivity contribution in [3.05, 3.63) is 46.4 Å². The first-order valence-electron chi connectivity index (χ1n) is 7.30. The number of para-hydroxylation sites is 2. The smallest absolute Gasteiger partial charge is 0.329 e. The van der Waals surface area contributed by atoms with Crippen LogP contribution in [0.15, 0.2) is 46.0 Å². The van der Waals surface area contributed by atoms with Crippen LogP contribution in [0, 0.1) is 0 Å². The highest BCUT2D eigenvalue weighted by molar-refractivity contribution is 9.10. The minimum atomic E-state index is -0.947. The quantitative estimate of drug-likeness (QED) is 0.389. The molecule has 0 aromatic heterocycles. The van der Waals surface area contributed by atoms with Gasteiger partial charge in [0.2, 0.25) is 0 Å². The summed E-state index contributed by atoms with van der Waals surface area (Å²) < 4.78 is 10.5. The molecule has 2 rings (SSSR count). The Morgan fingerprint density at radius 3 is 2.50 bits per heavy atom. The van der Waals surface area contributed by atoms with Crippen molar-refractivity contribution < 1.29 is 24.2 Å². The van der Waals surface area contributed by atoms with Gasteiger partial charge in [0.15, 0.2) is 11.5 Å². The molecule has 2 aromatic rings. The van der Waals surface area contributed by atoms with Crippen LogP contribution in [0.25, 0.3) is 0 Å². The van der Waals surface area contributed by atoms with E-state index in [1.54, 1.807) is 30.3 Å². The maximum Gasteiger partial charge on any atom is 0.329 e. The molecular weight excluding hydrogens is 406 g/mol. The molecular formula is C17H16BrN3O5. The molecule has 3 N–H and O–H groups in total. The first-order valence-corrected chi connectivity index (χ1v) is 8.09. The number of hydrogen-bond acceptors (Lipinski definition) is 6. The Balaban J connectivity index is 2.00. The molecule has 0 aliphatic rings. The number of hydrogen-bond donors (Lipinski definition) is 3. The van der Waals surface area contributed by atoms with Gasteiger partial charge in [-0.25, -0.2) is 5.43 Å². The molecule has 2 aromatic carbocycles. The number of nitrogens with zero attached hydrogens (tertiary/aromatic N) is 1. The van der Waals surface area contributed by atoms with Crippen LogP contribution < -0.4 is 20.2 Å². The number of anilines is 1. The van der Waals surface area contributed by atoms with Crippen LogP contribution in [0.5, 0.6) is 17.2 Å². The fraction of sp³-hybridized carbons (Fsp3) is 0.118. The summed E-state index contributed by atoms with van der Waals surface area (Å²) in [5.41, 5.74) is 3.03. The van der Waals surface area contributed by atoms with Gasteiger partial charge in [0.25, 0.3) is 0 Å². The van der Waals surface area contributed by atoms with E-state index in [-0.39, 0.29) is 11.5 Å². The monoisotopic (exact) mass is 421 g/mol. The van der Waals surface area contributed by atoms with Gasteiger partial charge < -0.3 is 19.9 Å². The Hall–Kier alpha value is -3.07. The zero-order valence-corrected chi connectivity index (χ0v) is 15.5. The Morgan fingerprint density at radius 1 is 1.12 bits per heavy atom. The lowest BCUT2D eigenvalue weighted by Crippen LogP contribution is -2.32. The first kappa shape index (κ1) is 19.3. The zero-order chi connectivity index (χ0) is 19.1. The summed E-state index contributed by atoms with van der Waals surface area (Å²) in [7, 11) is 2.87. The van der Waals surface area contributed by atoms with Gasteiger partial charge in [-0.1, -0.05) is 12.1 Å². The highest BCUT2D eigenvalue weighted by atomic mass is 79.9. The van der Waals surface area contributed by atoms with Crippen molar-refractivity contribution in [2.75, 3.05) is 19.5 Å². The molecule has 0 saturated heterocycles. The second kappa shape index (κ2) is 8.86. The number of methoxy groups -OCH3 is 2. The maximum atomic E-state index is 11.9. The molecule has 0 aliphatic heterocycles. The number of carbonyl (C=O) groups excluding carboxylic acids is 2. The molecule has 8 nitrogen and oxygen atoms in total. The SMILES string of the molecule is COc1ccccc1NC(=O)C(=O)N/N=C\c1cc(Br)c(O)c(OC)c1. The fourth-order valence-electron chi connectivity index (χ4n) is 1.97. The van der Waals surface area contributed by atoms with Gasteiger partial charge >= 0.3 is 11.8 Å². The van der Waals surface area contributed by atoms with Crippen LogP contribution >= 0.6 is 15.9 Å². The number of ether oxygens (including phenoxy) is 2. The number of phenolic OH excluding ortho intramolecular Hbond substituents is 1. The highest BCUT2D eigenvalue weighted by Gasteiger charge is 2.15. The van der Waals surface area contributed by atoms with Gasteiger partial charge in [0, 0.05) is 0 Å². The van der Waals surface area contributed by atoms with E-state index >= 15 is 0 Å². The number of benzene rings is 2. The van der Waals surface area contributed by atoms with Crippen LogP contribution in [0.2, 0.25) is 0 Å². The third-order valence-electron chi connectivity index (χ3n) is 3.21. The van der Waals surface area contributed by atoms with Gasteiger partial charge in [0.1, 0.15) is 5.75 Å². The van der Waals surface area contributed by atoms with Crippen molar-refractivity contribution in [2.24, 2.45) is 5.10 Å². The van der Waals surface area contributed by atoms with Crippen molar-refractivity contribution >= 4 is 39.6 Å². The number of halogens is 1. The molecule has 136 valence electrons. The topological polar surface area (TPSA) is 109 Å². The predicted molar refractivity (Wildman–Crippen MR) is 99.7 cm³/mol. The number of hydrazone groups is 1. The van der Waals surface area contributed by atoms with Crippen LogP contribution in [-0.2, 0) is 9.59 Å². The predicted octanol–water partition coefficient (Wildman–Crippen LogP) is 2.26. The van der Waals surface area contributed by atoms with E-state index in [1.807, 2.05) is 0 Å². The zero-order valence-electron chi connectivity index (χ0n) is 13.9. The van der Waals surface area contributed by atoms with Crippen molar-refractivity contribution in [1.29, 1.82) is 0 Å². The van der Waals surface area contributed by atoms with Gasteiger partial charge in [-0.3, -0.25) is 9.59 Å². The number of phenols is 1. The molecule has 9 heteroatoms. The average Bonchev–Trinajstić information content (AvgIpc) is 2.64. The minimum absolute atomic E-state index is 0.0510. The number of nitrogens with one attached hydrogen (secondary N) is 2. The van der Waals surface area contributed by atoms with Gasteiger partial charge in [-0.2, -0.15) is 5.10 Å².